The normalized spacial score (nSPS) is 16.7. The highest BCUT2D eigenvalue weighted by atomic mass is 79.9. The lowest BCUT2D eigenvalue weighted by Gasteiger charge is -2.34. The maximum absolute atomic E-state index is 12.4. The van der Waals surface area contributed by atoms with Crippen LogP contribution in [0.3, 0.4) is 0 Å². The van der Waals surface area contributed by atoms with E-state index in [0.717, 1.165) is 17.6 Å². The molecule has 0 aliphatic carbocycles. The van der Waals surface area contributed by atoms with Gasteiger partial charge in [0.2, 0.25) is 0 Å². The molecule has 2 rings (SSSR count). The third-order valence-corrected chi connectivity index (χ3v) is 4.13. The van der Waals surface area contributed by atoms with Crippen LogP contribution in [0.4, 0.5) is 0 Å². The summed E-state index contributed by atoms with van der Waals surface area (Å²) >= 11 is 9.25. The molecular weight excluding hydrogens is 332 g/mol. The van der Waals surface area contributed by atoms with Crippen LogP contribution in [-0.2, 0) is 0 Å². The second kappa shape index (κ2) is 6.70. The Morgan fingerprint density at radius 3 is 2.58 bits per heavy atom. The van der Waals surface area contributed by atoms with Gasteiger partial charge in [0.25, 0.3) is 5.91 Å². The van der Waals surface area contributed by atoms with Crippen LogP contribution in [0.1, 0.15) is 10.4 Å². The monoisotopic (exact) mass is 346 g/mol. The average molecular weight is 348 g/mol. The van der Waals surface area contributed by atoms with Crippen molar-refractivity contribution in [2.45, 2.75) is 0 Å². The zero-order valence-electron chi connectivity index (χ0n) is 10.5. The van der Waals surface area contributed by atoms with Crippen molar-refractivity contribution in [3.63, 3.8) is 0 Å². The van der Waals surface area contributed by atoms with Crippen molar-refractivity contribution < 1.29 is 9.90 Å². The summed E-state index contributed by atoms with van der Waals surface area (Å²) < 4.78 is 0.725. The smallest absolute Gasteiger partial charge is 0.255 e. The van der Waals surface area contributed by atoms with Gasteiger partial charge in [-0.1, -0.05) is 11.6 Å². The zero-order chi connectivity index (χ0) is 13.8. The first-order chi connectivity index (χ1) is 9.11. The van der Waals surface area contributed by atoms with E-state index in [4.69, 9.17) is 16.7 Å². The van der Waals surface area contributed by atoms with E-state index in [2.05, 4.69) is 20.8 Å². The van der Waals surface area contributed by atoms with E-state index in [1.165, 1.54) is 0 Å². The molecule has 104 valence electrons. The Hall–Kier alpha value is -0.620. The number of carbonyl (C=O) groups excluding carboxylic acids is 1. The summed E-state index contributed by atoms with van der Waals surface area (Å²) in [7, 11) is 0. The van der Waals surface area contributed by atoms with Gasteiger partial charge in [-0.05, 0) is 34.1 Å². The van der Waals surface area contributed by atoms with Gasteiger partial charge in [-0.3, -0.25) is 9.69 Å². The van der Waals surface area contributed by atoms with Crippen molar-refractivity contribution in [3.05, 3.63) is 33.3 Å². The molecule has 19 heavy (non-hydrogen) atoms. The second-order valence-corrected chi connectivity index (χ2v) is 5.77. The molecule has 0 atom stereocenters. The van der Waals surface area contributed by atoms with Gasteiger partial charge in [-0.15, -0.1) is 0 Å². The SMILES string of the molecule is O=C(c1ccc(Cl)cc1Br)N1CCN(CCO)CC1. The van der Waals surface area contributed by atoms with Gasteiger partial charge in [-0.2, -0.15) is 0 Å². The van der Waals surface area contributed by atoms with E-state index >= 15 is 0 Å². The summed E-state index contributed by atoms with van der Waals surface area (Å²) in [5.74, 6) is 0.0205. The highest BCUT2D eigenvalue weighted by Gasteiger charge is 2.23. The standard InChI is InChI=1S/C13H16BrClN2O2/c14-12-9-10(15)1-2-11(12)13(19)17-5-3-16(4-6-17)7-8-18/h1-2,9,18H,3-8H2. The number of amides is 1. The van der Waals surface area contributed by atoms with Crippen molar-refractivity contribution in [2.24, 2.45) is 0 Å². The molecule has 0 unspecified atom stereocenters. The molecule has 1 heterocycles. The third-order valence-electron chi connectivity index (χ3n) is 3.24. The Morgan fingerprint density at radius 2 is 2.00 bits per heavy atom. The summed E-state index contributed by atoms with van der Waals surface area (Å²) in [5.41, 5.74) is 0.639. The third kappa shape index (κ3) is 3.69. The molecule has 4 nitrogen and oxygen atoms in total. The van der Waals surface area contributed by atoms with Gasteiger partial charge >= 0.3 is 0 Å². The van der Waals surface area contributed by atoms with Crippen LogP contribution in [0.2, 0.25) is 5.02 Å². The lowest BCUT2D eigenvalue weighted by atomic mass is 10.2. The zero-order valence-corrected chi connectivity index (χ0v) is 12.8. The van der Waals surface area contributed by atoms with Crippen LogP contribution in [-0.4, -0.2) is 60.1 Å². The Labute approximate surface area is 126 Å². The Bertz CT molecular complexity index is 462. The number of piperazine rings is 1. The van der Waals surface area contributed by atoms with Crippen LogP contribution >= 0.6 is 27.5 Å². The summed E-state index contributed by atoms with van der Waals surface area (Å²) in [6.07, 6.45) is 0. The quantitative estimate of drug-likeness (QED) is 0.907. The first-order valence-corrected chi connectivity index (χ1v) is 7.36. The molecule has 1 aromatic carbocycles. The lowest BCUT2D eigenvalue weighted by Crippen LogP contribution is -2.49. The van der Waals surface area contributed by atoms with Gasteiger partial charge in [0.15, 0.2) is 0 Å². The number of nitrogens with zero attached hydrogens (tertiary/aromatic N) is 2. The predicted molar refractivity (Wildman–Crippen MR) is 78.6 cm³/mol. The molecule has 0 aromatic heterocycles. The molecule has 1 N–H and O–H groups in total. The number of rotatable bonds is 3. The van der Waals surface area contributed by atoms with E-state index < -0.39 is 0 Å². The van der Waals surface area contributed by atoms with Crippen molar-refractivity contribution >= 4 is 33.4 Å². The van der Waals surface area contributed by atoms with Gasteiger partial charge < -0.3 is 10.0 Å². The molecule has 0 saturated carbocycles. The van der Waals surface area contributed by atoms with Crippen LogP contribution in [0, 0.1) is 0 Å². The molecule has 6 heteroatoms. The maximum Gasteiger partial charge on any atom is 0.255 e. The highest BCUT2D eigenvalue weighted by molar-refractivity contribution is 9.10. The largest absolute Gasteiger partial charge is 0.395 e. The molecule has 1 aromatic rings. The molecule has 1 aliphatic heterocycles. The van der Waals surface area contributed by atoms with Crippen LogP contribution in [0.25, 0.3) is 0 Å². The fourth-order valence-corrected chi connectivity index (χ4v) is 3.00. The minimum atomic E-state index is 0.0205. The molecular formula is C13H16BrClN2O2. The number of aliphatic hydroxyl groups excluding tert-OH is 1. The molecule has 1 amide bonds. The summed E-state index contributed by atoms with van der Waals surface area (Å²) in [4.78, 5) is 16.4. The Morgan fingerprint density at radius 1 is 1.32 bits per heavy atom. The van der Waals surface area contributed by atoms with E-state index in [1.807, 2.05) is 4.90 Å². The molecule has 0 bridgehead atoms. The first-order valence-electron chi connectivity index (χ1n) is 6.19. The number of halogens is 2. The minimum absolute atomic E-state index is 0.0205. The van der Waals surface area contributed by atoms with Crippen molar-refractivity contribution in [1.82, 2.24) is 9.80 Å². The predicted octanol–water partition coefficient (Wildman–Crippen LogP) is 1.85. The average Bonchev–Trinajstić information content (AvgIpc) is 2.39. The van der Waals surface area contributed by atoms with E-state index in [0.29, 0.717) is 30.2 Å². The summed E-state index contributed by atoms with van der Waals surface area (Å²) in [6, 6.07) is 5.20. The van der Waals surface area contributed by atoms with Crippen molar-refractivity contribution in [2.75, 3.05) is 39.3 Å². The number of hydrogen-bond acceptors (Lipinski definition) is 3. The minimum Gasteiger partial charge on any atom is -0.395 e. The number of β-amino-alcohol motifs (C(OH)–C–C–N with tert-alkyl or cyclic N) is 1. The summed E-state index contributed by atoms with van der Waals surface area (Å²) in [5, 5.41) is 9.50. The van der Waals surface area contributed by atoms with Crippen molar-refractivity contribution in [1.29, 1.82) is 0 Å². The lowest BCUT2D eigenvalue weighted by molar-refractivity contribution is 0.0614. The molecule has 0 radical (unpaired) electrons. The van der Waals surface area contributed by atoms with Crippen LogP contribution < -0.4 is 0 Å². The highest BCUT2D eigenvalue weighted by Crippen LogP contribution is 2.23. The maximum atomic E-state index is 12.4. The first kappa shape index (κ1) is 14.8. The van der Waals surface area contributed by atoms with Gasteiger partial charge in [-0.25, -0.2) is 0 Å². The van der Waals surface area contributed by atoms with E-state index in [1.54, 1.807) is 18.2 Å². The number of benzene rings is 1. The number of hydrogen-bond donors (Lipinski definition) is 1. The van der Waals surface area contributed by atoms with Gasteiger partial charge in [0.1, 0.15) is 0 Å². The number of carbonyl (C=O) groups is 1. The topological polar surface area (TPSA) is 43.8 Å². The molecule has 1 fully saturated rings. The van der Waals surface area contributed by atoms with E-state index in [-0.39, 0.29) is 12.5 Å². The van der Waals surface area contributed by atoms with Crippen LogP contribution in [0.15, 0.2) is 22.7 Å². The van der Waals surface area contributed by atoms with Gasteiger partial charge in [0.05, 0.1) is 12.2 Å². The fourth-order valence-electron chi connectivity index (χ4n) is 2.15. The molecule has 1 aliphatic rings. The van der Waals surface area contributed by atoms with E-state index in [9.17, 15) is 4.79 Å². The second-order valence-electron chi connectivity index (χ2n) is 4.48. The molecule has 1 saturated heterocycles. The number of aliphatic hydroxyl groups is 1. The molecule has 0 spiro atoms. The van der Waals surface area contributed by atoms with Crippen molar-refractivity contribution in [3.8, 4) is 0 Å². The Kier molecular flexibility index (Phi) is 5.21. The van der Waals surface area contributed by atoms with Crippen LogP contribution in [0.5, 0.6) is 0 Å². The fraction of sp³-hybridized carbons (Fsp3) is 0.462. The van der Waals surface area contributed by atoms with Gasteiger partial charge in [0, 0.05) is 42.2 Å². The Balaban J connectivity index is 2.01. The summed E-state index contributed by atoms with van der Waals surface area (Å²) in [6.45, 7) is 3.82.